The van der Waals surface area contributed by atoms with Gasteiger partial charge in [0.25, 0.3) is 0 Å². The van der Waals surface area contributed by atoms with Gasteiger partial charge in [-0.2, -0.15) is 4.57 Å². The molecule has 0 aliphatic heterocycles. The maximum Gasteiger partial charge on any atom is 0.227 e. The van der Waals surface area contributed by atoms with Crippen LogP contribution in [0.15, 0.2) is 53.8 Å². The fraction of sp³-hybridized carbons (Fsp3) is 0.133. The SMILES string of the molecule is COc1cccc(C(=O)C[n+]2ccccc2/C=N\O)c1.[Br-]. The Morgan fingerprint density at radius 1 is 1.33 bits per heavy atom. The van der Waals surface area contributed by atoms with Crippen molar-refractivity contribution in [2.75, 3.05) is 7.11 Å². The molecule has 1 N–H and O–H groups in total. The summed E-state index contributed by atoms with van der Waals surface area (Å²) in [7, 11) is 1.56. The quantitative estimate of drug-likeness (QED) is 0.239. The minimum absolute atomic E-state index is 0. The molecule has 0 spiro atoms. The van der Waals surface area contributed by atoms with E-state index < -0.39 is 0 Å². The van der Waals surface area contributed by atoms with Crippen molar-refractivity contribution in [3.05, 3.63) is 59.9 Å². The molecule has 0 fully saturated rings. The molecule has 0 radical (unpaired) electrons. The first-order valence-corrected chi connectivity index (χ1v) is 6.07. The smallest absolute Gasteiger partial charge is 0.227 e. The molecule has 0 saturated heterocycles. The van der Waals surface area contributed by atoms with Crippen LogP contribution in [0.2, 0.25) is 0 Å². The van der Waals surface area contributed by atoms with Crippen molar-refractivity contribution < 1.29 is 36.3 Å². The normalized spacial score (nSPS) is 10.1. The number of Topliss-reactive ketones (excluding diaryl/α,β-unsaturated/α-hetero) is 1. The lowest BCUT2D eigenvalue weighted by Crippen LogP contribution is -3.00. The Morgan fingerprint density at radius 3 is 2.86 bits per heavy atom. The Hall–Kier alpha value is -2.21. The number of benzene rings is 1. The van der Waals surface area contributed by atoms with Crippen LogP contribution in [-0.4, -0.2) is 24.3 Å². The van der Waals surface area contributed by atoms with E-state index in [1.165, 1.54) is 6.21 Å². The Balaban J connectivity index is 0.00000220. The number of carbonyl (C=O) groups is 1. The first kappa shape index (κ1) is 16.8. The predicted molar refractivity (Wildman–Crippen MR) is 73.3 cm³/mol. The zero-order chi connectivity index (χ0) is 14.4. The van der Waals surface area contributed by atoms with Crippen molar-refractivity contribution >= 4 is 12.0 Å². The zero-order valence-electron chi connectivity index (χ0n) is 11.4. The Bertz CT molecular complexity index is 644. The molecule has 21 heavy (non-hydrogen) atoms. The molecule has 2 rings (SSSR count). The summed E-state index contributed by atoms with van der Waals surface area (Å²) >= 11 is 0. The average Bonchev–Trinajstić information content (AvgIpc) is 2.49. The molecule has 0 saturated carbocycles. The lowest BCUT2D eigenvalue weighted by Gasteiger charge is -2.03. The second-order valence-corrected chi connectivity index (χ2v) is 4.15. The predicted octanol–water partition coefficient (Wildman–Crippen LogP) is -1.32. The first-order valence-electron chi connectivity index (χ1n) is 6.07. The van der Waals surface area contributed by atoms with Crippen molar-refractivity contribution in [2.24, 2.45) is 5.16 Å². The van der Waals surface area contributed by atoms with E-state index in [1.54, 1.807) is 48.2 Å². The number of halogens is 1. The molecule has 0 atom stereocenters. The second-order valence-electron chi connectivity index (χ2n) is 4.15. The molecule has 1 heterocycles. The summed E-state index contributed by atoms with van der Waals surface area (Å²) in [5.74, 6) is 0.596. The van der Waals surface area contributed by atoms with Gasteiger partial charge < -0.3 is 26.9 Å². The number of oxime groups is 1. The molecule has 2 aromatic rings. The zero-order valence-corrected chi connectivity index (χ0v) is 13.0. The minimum atomic E-state index is -0.0484. The second kappa shape index (κ2) is 8.16. The van der Waals surface area contributed by atoms with Crippen LogP contribution in [0.1, 0.15) is 16.1 Å². The van der Waals surface area contributed by atoms with Gasteiger partial charge in [0.05, 0.1) is 7.11 Å². The lowest BCUT2D eigenvalue weighted by molar-refractivity contribution is -0.684. The molecular weight excluding hydrogens is 336 g/mol. The van der Waals surface area contributed by atoms with E-state index in [0.717, 1.165) is 0 Å². The first-order chi connectivity index (χ1) is 9.74. The van der Waals surface area contributed by atoms with E-state index in [-0.39, 0.29) is 29.3 Å². The van der Waals surface area contributed by atoms with Gasteiger partial charge in [-0.1, -0.05) is 17.3 Å². The molecule has 0 unspecified atom stereocenters. The molecule has 110 valence electrons. The Kier molecular flexibility index (Phi) is 6.55. The maximum absolute atomic E-state index is 12.3. The average molecular weight is 351 g/mol. The van der Waals surface area contributed by atoms with E-state index in [1.807, 2.05) is 12.1 Å². The third-order valence-corrected chi connectivity index (χ3v) is 2.87. The van der Waals surface area contributed by atoms with Gasteiger partial charge in [0.2, 0.25) is 18.0 Å². The van der Waals surface area contributed by atoms with Gasteiger partial charge >= 0.3 is 0 Å². The minimum Gasteiger partial charge on any atom is -1.00 e. The van der Waals surface area contributed by atoms with Gasteiger partial charge in [-0.15, -0.1) is 0 Å². The molecule has 0 aliphatic rings. The molecule has 1 aromatic carbocycles. The van der Waals surface area contributed by atoms with Gasteiger partial charge in [0, 0.05) is 17.7 Å². The fourth-order valence-corrected chi connectivity index (χ4v) is 1.85. The number of ether oxygens (including phenoxy) is 1. The topological polar surface area (TPSA) is 62.8 Å². The van der Waals surface area contributed by atoms with Crippen molar-refractivity contribution in [2.45, 2.75) is 6.54 Å². The summed E-state index contributed by atoms with van der Waals surface area (Å²) in [6.07, 6.45) is 3.05. The van der Waals surface area contributed by atoms with Crippen molar-refractivity contribution in [1.29, 1.82) is 0 Å². The molecule has 0 bridgehead atoms. The van der Waals surface area contributed by atoms with Gasteiger partial charge in [0.1, 0.15) is 12.0 Å². The van der Waals surface area contributed by atoms with Crippen LogP contribution in [0.25, 0.3) is 0 Å². The number of methoxy groups -OCH3 is 1. The number of ketones is 1. The fourth-order valence-electron chi connectivity index (χ4n) is 1.85. The number of hydrogen-bond donors (Lipinski definition) is 1. The highest BCUT2D eigenvalue weighted by molar-refractivity contribution is 5.95. The van der Waals surface area contributed by atoms with Crippen LogP contribution in [0, 0.1) is 0 Å². The monoisotopic (exact) mass is 350 g/mol. The van der Waals surface area contributed by atoms with Gasteiger partial charge in [-0.25, -0.2) is 0 Å². The molecular formula is C15H15BrN2O3. The number of aromatic nitrogens is 1. The van der Waals surface area contributed by atoms with E-state index in [9.17, 15) is 4.79 Å². The Morgan fingerprint density at radius 2 is 2.14 bits per heavy atom. The van der Waals surface area contributed by atoms with E-state index in [2.05, 4.69) is 5.16 Å². The largest absolute Gasteiger partial charge is 1.00 e. The van der Waals surface area contributed by atoms with E-state index >= 15 is 0 Å². The number of pyridine rings is 1. The molecule has 1 aromatic heterocycles. The van der Waals surface area contributed by atoms with Crippen LogP contribution in [0.3, 0.4) is 0 Å². The summed E-state index contributed by atoms with van der Waals surface area (Å²) in [5, 5.41) is 11.6. The highest BCUT2D eigenvalue weighted by atomic mass is 79.9. The summed E-state index contributed by atoms with van der Waals surface area (Å²) in [6.45, 7) is 0.162. The summed E-state index contributed by atoms with van der Waals surface area (Å²) < 4.78 is 6.81. The van der Waals surface area contributed by atoms with Gasteiger partial charge in [-0.3, -0.25) is 4.79 Å². The van der Waals surface area contributed by atoms with Gasteiger partial charge in [0.15, 0.2) is 6.20 Å². The molecule has 0 amide bonds. The number of carbonyl (C=O) groups excluding carboxylic acids is 1. The van der Waals surface area contributed by atoms with Crippen LogP contribution < -0.4 is 26.3 Å². The van der Waals surface area contributed by atoms with Crippen molar-refractivity contribution in [1.82, 2.24) is 0 Å². The van der Waals surface area contributed by atoms with E-state index in [0.29, 0.717) is 17.0 Å². The Labute approximate surface area is 133 Å². The molecule has 5 nitrogen and oxygen atoms in total. The van der Waals surface area contributed by atoms with Crippen LogP contribution in [0.5, 0.6) is 5.75 Å². The standard InChI is InChI=1S/C15H14N2O3.BrH/c1-20-14-7-4-5-12(9-14)15(18)11-17-8-3-2-6-13(17)10-16-19;/h2-10H,11H2,1H3;1H. The molecule has 0 aliphatic carbocycles. The third kappa shape index (κ3) is 4.39. The summed E-state index contributed by atoms with van der Waals surface area (Å²) in [4.78, 5) is 12.3. The summed E-state index contributed by atoms with van der Waals surface area (Å²) in [6, 6.07) is 12.4. The maximum atomic E-state index is 12.3. The van der Waals surface area contributed by atoms with E-state index in [4.69, 9.17) is 9.94 Å². The summed E-state index contributed by atoms with van der Waals surface area (Å²) in [5.41, 5.74) is 1.22. The van der Waals surface area contributed by atoms with Crippen LogP contribution in [0.4, 0.5) is 0 Å². The number of hydrogen-bond acceptors (Lipinski definition) is 4. The molecule has 6 heteroatoms. The third-order valence-electron chi connectivity index (χ3n) is 2.87. The van der Waals surface area contributed by atoms with Crippen LogP contribution >= 0.6 is 0 Å². The van der Waals surface area contributed by atoms with Crippen LogP contribution in [-0.2, 0) is 6.54 Å². The van der Waals surface area contributed by atoms with Gasteiger partial charge in [-0.05, 0) is 18.2 Å². The number of nitrogens with zero attached hydrogens (tertiary/aromatic N) is 2. The highest BCUT2D eigenvalue weighted by Crippen LogP contribution is 2.13. The highest BCUT2D eigenvalue weighted by Gasteiger charge is 2.15. The lowest BCUT2D eigenvalue weighted by atomic mass is 10.1. The van der Waals surface area contributed by atoms with Crippen molar-refractivity contribution in [3.8, 4) is 5.75 Å². The van der Waals surface area contributed by atoms with Crippen molar-refractivity contribution in [3.63, 3.8) is 0 Å². The number of rotatable bonds is 5.